The van der Waals surface area contributed by atoms with Gasteiger partial charge in [-0.05, 0) is 31.2 Å². The lowest BCUT2D eigenvalue weighted by Gasteiger charge is -2.30. The molecule has 0 bridgehead atoms. The van der Waals surface area contributed by atoms with Crippen LogP contribution in [0.4, 0.5) is 0 Å². The fourth-order valence-corrected chi connectivity index (χ4v) is 2.49. The fraction of sp³-hybridized carbons (Fsp3) is 0.562. The highest BCUT2D eigenvalue weighted by Gasteiger charge is 2.24. The van der Waals surface area contributed by atoms with Crippen molar-refractivity contribution in [1.29, 1.82) is 0 Å². The molecule has 118 valence electrons. The number of rotatable bonds is 5. The van der Waals surface area contributed by atoms with E-state index in [-0.39, 0.29) is 17.9 Å². The molecular formula is C16H21N3O3. The van der Waals surface area contributed by atoms with Gasteiger partial charge in [-0.3, -0.25) is 9.59 Å². The molecule has 3 rings (SSSR count). The third-order valence-electron chi connectivity index (χ3n) is 4.12. The predicted octanol–water partition coefficient (Wildman–Crippen LogP) is 1.22. The van der Waals surface area contributed by atoms with Crippen LogP contribution in [-0.2, 0) is 4.79 Å². The number of nitrogens with one attached hydrogen (secondary N) is 1. The molecule has 1 atom stereocenters. The number of likely N-dealkylation sites (N-methyl/N-ethyl adjacent to an activating group) is 1. The Bertz CT molecular complexity index is 554. The maximum Gasteiger partial charge on any atom is 0.253 e. The first-order chi connectivity index (χ1) is 10.6. The van der Waals surface area contributed by atoms with E-state index in [2.05, 4.69) is 10.3 Å². The molecule has 1 saturated carbocycles. The number of ether oxygens (including phenoxy) is 1. The molecule has 1 N–H and O–H groups in total. The van der Waals surface area contributed by atoms with Crippen molar-refractivity contribution in [3.8, 4) is 5.88 Å². The van der Waals surface area contributed by atoms with Crippen molar-refractivity contribution in [3.63, 3.8) is 0 Å². The Morgan fingerprint density at radius 3 is 2.86 bits per heavy atom. The van der Waals surface area contributed by atoms with E-state index in [0.717, 1.165) is 0 Å². The van der Waals surface area contributed by atoms with Crippen LogP contribution in [0.2, 0.25) is 0 Å². The Hall–Kier alpha value is -2.11. The number of aromatic nitrogens is 1. The largest absolute Gasteiger partial charge is 0.477 e. The van der Waals surface area contributed by atoms with Crippen LogP contribution in [-0.4, -0.2) is 47.9 Å². The molecular weight excluding hydrogens is 282 g/mol. The lowest BCUT2D eigenvalue weighted by atomic mass is 10.1. The number of pyridine rings is 1. The molecule has 1 aliphatic heterocycles. The van der Waals surface area contributed by atoms with E-state index in [4.69, 9.17) is 4.74 Å². The van der Waals surface area contributed by atoms with Gasteiger partial charge in [-0.1, -0.05) is 0 Å². The number of carbonyl (C=O) groups excluding carboxylic acids is 2. The molecule has 6 nitrogen and oxygen atoms in total. The van der Waals surface area contributed by atoms with Gasteiger partial charge in [0.05, 0.1) is 12.2 Å². The van der Waals surface area contributed by atoms with E-state index in [0.29, 0.717) is 43.4 Å². The number of likely N-dealkylation sites (tertiary alicyclic amines) is 1. The van der Waals surface area contributed by atoms with E-state index in [1.165, 1.54) is 19.0 Å². The van der Waals surface area contributed by atoms with Crippen LogP contribution in [0.15, 0.2) is 18.3 Å². The summed E-state index contributed by atoms with van der Waals surface area (Å²) in [6.45, 7) is 1.27. The minimum absolute atomic E-state index is 0.000920. The summed E-state index contributed by atoms with van der Waals surface area (Å²) in [7, 11) is 1.76. The van der Waals surface area contributed by atoms with Gasteiger partial charge in [-0.2, -0.15) is 0 Å². The molecule has 0 spiro atoms. The van der Waals surface area contributed by atoms with E-state index in [1.54, 1.807) is 24.1 Å². The summed E-state index contributed by atoms with van der Waals surface area (Å²) in [5, 5.41) is 2.95. The summed E-state index contributed by atoms with van der Waals surface area (Å²) in [6, 6.07) is 3.46. The average Bonchev–Trinajstić information content (AvgIpc) is 3.34. The summed E-state index contributed by atoms with van der Waals surface area (Å²) >= 11 is 0. The first-order valence-corrected chi connectivity index (χ1v) is 7.75. The van der Waals surface area contributed by atoms with Crippen molar-refractivity contribution < 1.29 is 14.3 Å². The van der Waals surface area contributed by atoms with E-state index in [9.17, 15) is 9.59 Å². The van der Waals surface area contributed by atoms with Crippen LogP contribution in [0, 0.1) is 5.92 Å². The molecule has 1 aromatic rings. The van der Waals surface area contributed by atoms with Gasteiger partial charge in [0.1, 0.15) is 0 Å². The number of hydrogen-bond acceptors (Lipinski definition) is 4. The lowest BCUT2D eigenvalue weighted by Crippen LogP contribution is -2.48. The van der Waals surface area contributed by atoms with Gasteiger partial charge >= 0.3 is 0 Å². The monoisotopic (exact) mass is 303 g/mol. The Kier molecular flexibility index (Phi) is 4.27. The van der Waals surface area contributed by atoms with Crippen molar-refractivity contribution in [3.05, 3.63) is 23.9 Å². The van der Waals surface area contributed by atoms with Gasteiger partial charge in [0, 0.05) is 38.3 Å². The van der Waals surface area contributed by atoms with Gasteiger partial charge in [0.25, 0.3) is 5.91 Å². The number of amides is 2. The average molecular weight is 303 g/mol. The second-order valence-corrected chi connectivity index (χ2v) is 6.12. The minimum atomic E-state index is -0.158. The standard InChI is InChI=1S/C16H21N3O3/c1-19-9-13(5-7-15(19)20)18-16(21)12-4-6-14(17-8-12)22-10-11-2-3-11/h4,6,8,11,13H,2-3,5,7,9-10H2,1H3,(H,18,21). The lowest BCUT2D eigenvalue weighted by molar-refractivity contribution is -0.132. The molecule has 2 heterocycles. The van der Waals surface area contributed by atoms with Crippen LogP contribution in [0.5, 0.6) is 5.88 Å². The molecule has 0 radical (unpaired) electrons. The SMILES string of the molecule is CN1CC(NC(=O)c2ccc(OCC3CC3)nc2)CCC1=O. The Balaban J connectivity index is 1.51. The maximum atomic E-state index is 12.2. The number of piperidine rings is 1. The highest BCUT2D eigenvalue weighted by molar-refractivity contribution is 5.94. The number of nitrogens with zero attached hydrogens (tertiary/aromatic N) is 2. The van der Waals surface area contributed by atoms with Crippen LogP contribution in [0.1, 0.15) is 36.0 Å². The smallest absolute Gasteiger partial charge is 0.253 e. The van der Waals surface area contributed by atoms with Crippen LogP contribution >= 0.6 is 0 Å². The van der Waals surface area contributed by atoms with Gasteiger partial charge in [0.15, 0.2) is 0 Å². The van der Waals surface area contributed by atoms with Crippen molar-refractivity contribution in [2.24, 2.45) is 5.92 Å². The molecule has 22 heavy (non-hydrogen) atoms. The van der Waals surface area contributed by atoms with Crippen molar-refractivity contribution in [2.45, 2.75) is 31.7 Å². The van der Waals surface area contributed by atoms with Gasteiger partial charge in [-0.15, -0.1) is 0 Å². The third kappa shape index (κ3) is 3.75. The highest BCUT2D eigenvalue weighted by Crippen LogP contribution is 2.29. The fourth-order valence-electron chi connectivity index (χ4n) is 2.49. The normalized spacial score (nSPS) is 21.6. The van der Waals surface area contributed by atoms with Crippen molar-refractivity contribution in [1.82, 2.24) is 15.2 Å². The predicted molar refractivity (Wildman–Crippen MR) is 80.6 cm³/mol. The number of carbonyl (C=O) groups is 2. The van der Waals surface area contributed by atoms with E-state index >= 15 is 0 Å². The second kappa shape index (κ2) is 6.34. The minimum Gasteiger partial charge on any atom is -0.477 e. The molecule has 0 aromatic carbocycles. The van der Waals surface area contributed by atoms with E-state index < -0.39 is 0 Å². The van der Waals surface area contributed by atoms with Gasteiger partial charge in [0.2, 0.25) is 11.8 Å². The molecule has 2 fully saturated rings. The van der Waals surface area contributed by atoms with Crippen LogP contribution < -0.4 is 10.1 Å². The molecule has 1 aliphatic carbocycles. The van der Waals surface area contributed by atoms with Crippen molar-refractivity contribution in [2.75, 3.05) is 20.2 Å². The van der Waals surface area contributed by atoms with Crippen LogP contribution in [0.25, 0.3) is 0 Å². The second-order valence-electron chi connectivity index (χ2n) is 6.12. The van der Waals surface area contributed by atoms with Crippen molar-refractivity contribution >= 4 is 11.8 Å². The Labute approximate surface area is 129 Å². The van der Waals surface area contributed by atoms with Gasteiger partial charge in [-0.25, -0.2) is 4.98 Å². The molecule has 1 aromatic heterocycles. The summed E-state index contributed by atoms with van der Waals surface area (Å²) in [4.78, 5) is 29.5. The zero-order chi connectivity index (χ0) is 15.5. The first-order valence-electron chi connectivity index (χ1n) is 7.75. The zero-order valence-corrected chi connectivity index (χ0v) is 12.7. The topological polar surface area (TPSA) is 71.5 Å². The zero-order valence-electron chi connectivity index (χ0n) is 12.7. The summed E-state index contributed by atoms with van der Waals surface area (Å²) in [5.41, 5.74) is 0.512. The first kappa shape index (κ1) is 14.8. The summed E-state index contributed by atoms with van der Waals surface area (Å²) in [5.74, 6) is 1.21. The molecule has 6 heteroatoms. The Morgan fingerprint density at radius 2 is 2.23 bits per heavy atom. The van der Waals surface area contributed by atoms with Crippen LogP contribution in [0.3, 0.4) is 0 Å². The molecule has 2 aliphatic rings. The third-order valence-corrected chi connectivity index (χ3v) is 4.12. The summed E-state index contributed by atoms with van der Waals surface area (Å²) < 4.78 is 5.55. The molecule has 1 unspecified atom stereocenters. The molecule has 1 saturated heterocycles. The highest BCUT2D eigenvalue weighted by atomic mass is 16.5. The summed E-state index contributed by atoms with van der Waals surface area (Å²) in [6.07, 6.45) is 5.17. The number of hydrogen-bond donors (Lipinski definition) is 1. The van der Waals surface area contributed by atoms with E-state index in [1.807, 2.05) is 0 Å². The Morgan fingerprint density at radius 1 is 1.41 bits per heavy atom. The quantitative estimate of drug-likeness (QED) is 0.888. The molecule has 2 amide bonds. The maximum absolute atomic E-state index is 12.2. The van der Waals surface area contributed by atoms with Gasteiger partial charge < -0.3 is 15.0 Å².